The van der Waals surface area contributed by atoms with Gasteiger partial charge in [0.1, 0.15) is 0 Å². The van der Waals surface area contributed by atoms with Crippen LogP contribution in [0.2, 0.25) is 0 Å². The molecule has 32 heavy (non-hydrogen) atoms. The Balaban J connectivity index is 1.43. The van der Waals surface area contributed by atoms with E-state index in [0.717, 1.165) is 5.56 Å². The van der Waals surface area contributed by atoms with Crippen molar-refractivity contribution in [1.82, 2.24) is 14.8 Å². The van der Waals surface area contributed by atoms with Gasteiger partial charge in [-0.3, -0.25) is 18.8 Å². The number of benzene rings is 2. The number of sulfonamides is 1. The first-order valence-electron chi connectivity index (χ1n) is 9.81. The molecule has 0 saturated carbocycles. The van der Waals surface area contributed by atoms with Crippen molar-refractivity contribution >= 4 is 27.4 Å². The summed E-state index contributed by atoms with van der Waals surface area (Å²) in [5.41, 5.74) is 1.92. The number of nitrogens with one attached hydrogen (secondary N) is 1. The van der Waals surface area contributed by atoms with E-state index in [1.165, 1.54) is 35.6 Å². The van der Waals surface area contributed by atoms with E-state index in [-0.39, 0.29) is 10.8 Å². The molecule has 0 saturated heterocycles. The molecule has 9 heteroatoms. The summed E-state index contributed by atoms with van der Waals surface area (Å²) in [4.78, 5) is 16.7. The Kier molecular flexibility index (Phi) is 6.00. The highest BCUT2D eigenvalue weighted by molar-refractivity contribution is 7.92. The van der Waals surface area contributed by atoms with E-state index >= 15 is 0 Å². The van der Waals surface area contributed by atoms with Crippen LogP contribution in [0.3, 0.4) is 0 Å². The van der Waals surface area contributed by atoms with Gasteiger partial charge in [-0.05, 0) is 54.1 Å². The molecule has 162 valence electrons. The minimum absolute atomic E-state index is 0.0991. The van der Waals surface area contributed by atoms with Crippen molar-refractivity contribution in [2.75, 3.05) is 16.7 Å². The number of para-hydroxylation sites is 1. The van der Waals surface area contributed by atoms with Gasteiger partial charge in [0, 0.05) is 37.3 Å². The standard InChI is InChI=1S/C23H21N5O3S/c1-27(20-5-3-2-4-6-20)32(30,31)21-9-7-19(8-10-21)23(29)25-22-13-16-28(26-22)17-18-11-14-24-15-12-18/h2-16H,17H2,1H3,(H,25,26,29). The summed E-state index contributed by atoms with van der Waals surface area (Å²) in [6.45, 7) is 0.555. The van der Waals surface area contributed by atoms with Gasteiger partial charge in [-0.2, -0.15) is 5.10 Å². The summed E-state index contributed by atoms with van der Waals surface area (Å²) in [7, 11) is -2.24. The van der Waals surface area contributed by atoms with Crippen molar-refractivity contribution in [3.8, 4) is 0 Å². The van der Waals surface area contributed by atoms with Gasteiger partial charge in [0.25, 0.3) is 15.9 Å². The number of rotatable bonds is 7. The number of pyridine rings is 1. The number of carbonyl (C=O) groups is 1. The first kappa shape index (κ1) is 21.3. The van der Waals surface area contributed by atoms with Gasteiger partial charge in [0.15, 0.2) is 5.82 Å². The molecule has 0 unspecified atom stereocenters. The van der Waals surface area contributed by atoms with Crippen LogP contribution < -0.4 is 9.62 Å². The van der Waals surface area contributed by atoms with Crippen LogP contribution in [-0.2, 0) is 16.6 Å². The third-order valence-corrected chi connectivity index (χ3v) is 6.67. The Hall–Kier alpha value is -3.98. The van der Waals surface area contributed by atoms with E-state index in [1.54, 1.807) is 53.6 Å². The predicted octanol–water partition coefficient (Wildman–Crippen LogP) is 3.40. The van der Waals surface area contributed by atoms with E-state index in [1.807, 2.05) is 18.2 Å². The Labute approximate surface area is 186 Å². The zero-order valence-corrected chi connectivity index (χ0v) is 18.1. The molecule has 0 radical (unpaired) electrons. The highest BCUT2D eigenvalue weighted by Gasteiger charge is 2.21. The molecule has 0 fully saturated rings. The summed E-state index contributed by atoms with van der Waals surface area (Å²) < 4.78 is 28.6. The number of hydrogen-bond donors (Lipinski definition) is 1. The predicted molar refractivity (Wildman–Crippen MR) is 122 cm³/mol. The largest absolute Gasteiger partial charge is 0.305 e. The van der Waals surface area contributed by atoms with Crippen molar-refractivity contribution in [3.63, 3.8) is 0 Å². The van der Waals surface area contributed by atoms with E-state index in [2.05, 4.69) is 15.4 Å². The first-order valence-corrected chi connectivity index (χ1v) is 11.3. The summed E-state index contributed by atoms with van der Waals surface area (Å²) in [6.07, 6.45) is 5.19. The second-order valence-corrected chi connectivity index (χ2v) is 9.01. The van der Waals surface area contributed by atoms with Crippen LogP contribution in [0.5, 0.6) is 0 Å². The lowest BCUT2D eigenvalue weighted by Crippen LogP contribution is -2.26. The molecule has 8 nitrogen and oxygen atoms in total. The zero-order valence-electron chi connectivity index (χ0n) is 17.3. The number of aromatic nitrogens is 3. The lowest BCUT2D eigenvalue weighted by molar-refractivity contribution is 0.102. The Morgan fingerprint density at radius 1 is 0.969 bits per heavy atom. The van der Waals surface area contributed by atoms with Crippen LogP contribution in [0.4, 0.5) is 11.5 Å². The minimum Gasteiger partial charge on any atom is -0.305 e. The normalized spacial score (nSPS) is 11.2. The number of anilines is 2. The summed E-state index contributed by atoms with van der Waals surface area (Å²) in [5, 5.41) is 7.07. The van der Waals surface area contributed by atoms with Gasteiger partial charge in [-0.1, -0.05) is 18.2 Å². The third-order valence-electron chi connectivity index (χ3n) is 4.87. The van der Waals surface area contributed by atoms with E-state index in [4.69, 9.17) is 0 Å². The lowest BCUT2D eigenvalue weighted by atomic mass is 10.2. The molecule has 1 amide bonds. The molecule has 0 spiro atoms. The average Bonchev–Trinajstić information content (AvgIpc) is 3.26. The van der Waals surface area contributed by atoms with E-state index < -0.39 is 10.0 Å². The van der Waals surface area contributed by atoms with Crippen LogP contribution in [0, 0.1) is 0 Å². The zero-order chi connectivity index (χ0) is 22.6. The molecule has 2 aromatic carbocycles. The van der Waals surface area contributed by atoms with Crippen LogP contribution in [0.25, 0.3) is 0 Å². The van der Waals surface area contributed by atoms with Crippen molar-refractivity contribution in [2.45, 2.75) is 11.4 Å². The average molecular weight is 448 g/mol. The molecule has 2 aromatic heterocycles. The Morgan fingerprint density at radius 2 is 1.66 bits per heavy atom. The molecule has 0 aliphatic rings. The first-order chi connectivity index (χ1) is 15.4. The maximum atomic E-state index is 12.9. The maximum Gasteiger partial charge on any atom is 0.264 e. The lowest BCUT2D eigenvalue weighted by Gasteiger charge is -2.19. The quantitative estimate of drug-likeness (QED) is 0.468. The summed E-state index contributed by atoms with van der Waals surface area (Å²) >= 11 is 0. The van der Waals surface area contributed by atoms with Gasteiger partial charge in [0.05, 0.1) is 17.1 Å². The van der Waals surface area contributed by atoms with Gasteiger partial charge in [-0.15, -0.1) is 0 Å². The van der Waals surface area contributed by atoms with Crippen LogP contribution in [0.15, 0.2) is 96.3 Å². The van der Waals surface area contributed by atoms with Crippen molar-refractivity contribution in [1.29, 1.82) is 0 Å². The minimum atomic E-state index is -3.74. The van der Waals surface area contributed by atoms with Crippen molar-refractivity contribution in [3.05, 3.63) is 103 Å². The molecular weight excluding hydrogens is 426 g/mol. The van der Waals surface area contributed by atoms with Gasteiger partial charge < -0.3 is 5.32 Å². The molecule has 0 atom stereocenters. The fraction of sp³-hybridized carbons (Fsp3) is 0.0870. The molecule has 0 aliphatic carbocycles. The number of amides is 1. The monoisotopic (exact) mass is 447 g/mol. The third kappa shape index (κ3) is 4.68. The molecule has 1 N–H and O–H groups in total. The Bertz CT molecular complexity index is 1300. The molecular formula is C23H21N5O3S. The number of nitrogens with zero attached hydrogens (tertiary/aromatic N) is 4. The van der Waals surface area contributed by atoms with Gasteiger partial charge in [-0.25, -0.2) is 8.42 Å². The highest BCUT2D eigenvalue weighted by Crippen LogP contribution is 2.22. The fourth-order valence-electron chi connectivity index (χ4n) is 3.09. The van der Waals surface area contributed by atoms with Crippen molar-refractivity contribution in [2.24, 2.45) is 0 Å². The maximum absolute atomic E-state index is 12.9. The smallest absolute Gasteiger partial charge is 0.264 e. The summed E-state index contributed by atoms with van der Waals surface area (Å²) in [5.74, 6) is 0.0316. The molecule has 0 aliphatic heterocycles. The second-order valence-electron chi connectivity index (χ2n) is 7.04. The summed E-state index contributed by atoms with van der Waals surface area (Å²) in [6, 6.07) is 20.1. The molecule has 0 bridgehead atoms. The molecule has 4 rings (SSSR count). The fourth-order valence-corrected chi connectivity index (χ4v) is 4.29. The van der Waals surface area contributed by atoms with E-state index in [0.29, 0.717) is 23.6 Å². The van der Waals surface area contributed by atoms with Gasteiger partial charge >= 0.3 is 0 Å². The SMILES string of the molecule is CN(c1ccccc1)S(=O)(=O)c1ccc(C(=O)Nc2ccn(Cc3ccncc3)n2)cc1. The van der Waals surface area contributed by atoms with Gasteiger partial charge in [0.2, 0.25) is 0 Å². The van der Waals surface area contributed by atoms with Crippen LogP contribution >= 0.6 is 0 Å². The van der Waals surface area contributed by atoms with Crippen LogP contribution in [-0.4, -0.2) is 36.1 Å². The Morgan fingerprint density at radius 3 is 2.34 bits per heavy atom. The second kappa shape index (κ2) is 9.03. The highest BCUT2D eigenvalue weighted by atomic mass is 32.2. The van der Waals surface area contributed by atoms with E-state index in [9.17, 15) is 13.2 Å². The number of carbonyl (C=O) groups excluding carboxylic acids is 1. The molecule has 2 heterocycles. The molecule has 4 aromatic rings. The topological polar surface area (TPSA) is 97.2 Å². The number of hydrogen-bond acceptors (Lipinski definition) is 5. The van der Waals surface area contributed by atoms with Crippen LogP contribution in [0.1, 0.15) is 15.9 Å². The van der Waals surface area contributed by atoms with Crippen molar-refractivity contribution < 1.29 is 13.2 Å².